The van der Waals surface area contributed by atoms with Gasteiger partial charge in [-0.05, 0) is 49.8 Å². The fourth-order valence-corrected chi connectivity index (χ4v) is 2.00. The second-order valence-corrected chi connectivity index (χ2v) is 5.53. The largest absolute Gasteiger partial charge is 0.463 e. The minimum atomic E-state index is -1.27. The molecule has 0 aliphatic carbocycles. The van der Waals surface area contributed by atoms with Gasteiger partial charge in [0.05, 0.1) is 6.54 Å². The Bertz CT molecular complexity index is 692. The van der Waals surface area contributed by atoms with E-state index in [0.717, 1.165) is 5.56 Å². The summed E-state index contributed by atoms with van der Waals surface area (Å²) < 4.78 is 5.38. The second-order valence-electron chi connectivity index (χ2n) is 5.15. The summed E-state index contributed by atoms with van der Waals surface area (Å²) in [5.74, 6) is 0.794. The Kier molecular flexibility index (Phi) is 5.00. The van der Waals surface area contributed by atoms with Crippen LogP contribution in [0.2, 0.25) is 5.15 Å². The molecule has 22 heavy (non-hydrogen) atoms. The Labute approximate surface area is 133 Å². The smallest absolute Gasteiger partial charge is 0.244 e. The summed E-state index contributed by atoms with van der Waals surface area (Å²) in [6, 6.07) is 6.83. The predicted molar refractivity (Wildman–Crippen MR) is 84.3 cm³/mol. The summed E-state index contributed by atoms with van der Waals surface area (Å²) in [4.78, 5) is 15.7. The van der Waals surface area contributed by atoms with E-state index in [9.17, 15) is 9.90 Å². The summed E-state index contributed by atoms with van der Waals surface area (Å²) >= 11 is 5.76. The third-order valence-corrected chi connectivity index (χ3v) is 3.26. The van der Waals surface area contributed by atoms with Crippen molar-refractivity contribution in [2.45, 2.75) is 19.4 Å². The fraction of sp³-hybridized carbons (Fsp3) is 0.250. The van der Waals surface area contributed by atoms with Gasteiger partial charge in [-0.1, -0.05) is 11.6 Å². The number of rotatable bonds is 5. The lowest BCUT2D eigenvalue weighted by Crippen LogP contribution is -2.37. The molecule has 2 aromatic heterocycles. The van der Waals surface area contributed by atoms with Crippen LogP contribution in [0.1, 0.15) is 24.0 Å². The van der Waals surface area contributed by atoms with Crippen LogP contribution in [0.5, 0.6) is 0 Å². The molecule has 0 saturated carbocycles. The van der Waals surface area contributed by atoms with Crippen LogP contribution in [0.15, 0.2) is 41.0 Å². The third kappa shape index (κ3) is 4.44. The molecule has 116 valence electrons. The van der Waals surface area contributed by atoms with Crippen molar-refractivity contribution < 1.29 is 14.3 Å². The second kappa shape index (κ2) is 6.77. The normalized spacial score (nSPS) is 14.0. The number of aromatic nitrogens is 1. The number of carbonyl (C=O) groups excluding carboxylic acids is 1. The Balaban J connectivity index is 1.92. The molecule has 6 heteroatoms. The molecule has 1 atom stereocenters. The number of hydrogen-bond acceptors (Lipinski definition) is 4. The standard InChI is InChI=1S/C16H17ClN2O3/c1-11-3-5-13(22-11)16(2,21)10-19-15(20)6-4-12-7-8-18-14(17)9-12/h3-9,21H,10H2,1-2H3,(H,19,20)/b6-4+. The zero-order valence-electron chi connectivity index (χ0n) is 12.3. The summed E-state index contributed by atoms with van der Waals surface area (Å²) in [7, 11) is 0. The van der Waals surface area contributed by atoms with Gasteiger partial charge in [0.1, 0.15) is 22.3 Å². The van der Waals surface area contributed by atoms with E-state index in [1.165, 1.54) is 6.08 Å². The highest BCUT2D eigenvalue weighted by atomic mass is 35.5. The molecule has 1 unspecified atom stereocenters. The Morgan fingerprint density at radius 2 is 2.27 bits per heavy atom. The summed E-state index contributed by atoms with van der Waals surface area (Å²) in [6.07, 6.45) is 4.55. The first kappa shape index (κ1) is 16.3. The maximum absolute atomic E-state index is 11.8. The molecule has 0 fully saturated rings. The first-order valence-corrected chi connectivity index (χ1v) is 7.11. The molecular formula is C16H17ClN2O3. The van der Waals surface area contributed by atoms with E-state index in [1.54, 1.807) is 50.4 Å². The fourth-order valence-electron chi connectivity index (χ4n) is 1.82. The topological polar surface area (TPSA) is 75.4 Å². The summed E-state index contributed by atoms with van der Waals surface area (Å²) in [5, 5.41) is 13.3. The monoisotopic (exact) mass is 320 g/mol. The van der Waals surface area contributed by atoms with E-state index in [0.29, 0.717) is 16.7 Å². The van der Waals surface area contributed by atoms with Gasteiger partial charge in [0.2, 0.25) is 5.91 Å². The van der Waals surface area contributed by atoms with Crippen molar-refractivity contribution in [2.24, 2.45) is 0 Å². The van der Waals surface area contributed by atoms with Gasteiger partial charge < -0.3 is 14.8 Å². The molecule has 2 rings (SSSR count). The van der Waals surface area contributed by atoms with Crippen molar-refractivity contribution >= 4 is 23.6 Å². The van der Waals surface area contributed by atoms with E-state index in [-0.39, 0.29) is 12.5 Å². The van der Waals surface area contributed by atoms with Crippen LogP contribution in [-0.4, -0.2) is 22.5 Å². The molecule has 0 saturated heterocycles. The molecule has 0 bridgehead atoms. The van der Waals surface area contributed by atoms with Crippen molar-refractivity contribution in [1.82, 2.24) is 10.3 Å². The van der Waals surface area contributed by atoms with E-state index in [4.69, 9.17) is 16.0 Å². The van der Waals surface area contributed by atoms with Crippen LogP contribution < -0.4 is 5.32 Å². The van der Waals surface area contributed by atoms with Gasteiger partial charge in [0.15, 0.2) is 0 Å². The van der Waals surface area contributed by atoms with Gasteiger partial charge in [0.25, 0.3) is 0 Å². The molecule has 2 aromatic rings. The number of nitrogens with zero attached hydrogens (tertiary/aromatic N) is 1. The van der Waals surface area contributed by atoms with Gasteiger partial charge >= 0.3 is 0 Å². The number of halogens is 1. The van der Waals surface area contributed by atoms with Crippen LogP contribution in [0, 0.1) is 6.92 Å². The van der Waals surface area contributed by atoms with Gasteiger partial charge in [-0.3, -0.25) is 4.79 Å². The molecule has 0 aliphatic rings. The van der Waals surface area contributed by atoms with Gasteiger partial charge in [0, 0.05) is 12.3 Å². The zero-order chi connectivity index (χ0) is 16.2. The van der Waals surface area contributed by atoms with Crippen LogP contribution >= 0.6 is 11.6 Å². The van der Waals surface area contributed by atoms with Gasteiger partial charge in [-0.25, -0.2) is 4.98 Å². The van der Waals surface area contributed by atoms with Crippen molar-refractivity contribution in [2.75, 3.05) is 6.54 Å². The molecule has 1 amide bonds. The van der Waals surface area contributed by atoms with Crippen LogP contribution in [0.25, 0.3) is 6.08 Å². The van der Waals surface area contributed by atoms with E-state index < -0.39 is 5.60 Å². The van der Waals surface area contributed by atoms with E-state index in [2.05, 4.69) is 10.3 Å². The lowest BCUT2D eigenvalue weighted by Gasteiger charge is -2.20. The zero-order valence-corrected chi connectivity index (χ0v) is 13.1. The van der Waals surface area contributed by atoms with Crippen molar-refractivity contribution in [3.05, 3.63) is 58.8 Å². The highest BCUT2D eigenvalue weighted by Crippen LogP contribution is 2.21. The van der Waals surface area contributed by atoms with Gasteiger partial charge in [-0.2, -0.15) is 0 Å². The number of amides is 1. The van der Waals surface area contributed by atoms with Crippen LogP contribution in [-0.2, 0) is 10.4 Å². The first-order chi connectivity index (χ1) is 10.4. The van der Waals surface area contributed by atoms with Gasteiger partial charge in [-0.15, -0.1) is 0 Å². The Morgan fingerprint density at radius 1 is 1.50 bits per heavy atom. The Morgan fingerprint density at radius 3 is 2.91 bits per heavy atom. The number of hydrogen-bond donors (Lipinski definition) is 2. The van der Waals surface area contributed by atoms with Crippen LogP contribution in [0.4, 0.5) is 0 Å². The number of carbonyl (C=O) groups is 1. The SMILES string of the molecule is Cc1ccc(C(C)(O)CNC(=O)/C=C/c2ccnc(Cl)c2)o1. The number of pyridine rings is 1. The lowest BCUT2D eigenvalue weighted by atomic mass is 10.0. The lowest BCUT2D eigenvalue weighted by molar-refractivity contribution is -0.117. The van der Waals surface area contributed by atoms with Crippen molar-refractivity contribution in [3.8, 4) is 0 Å². The minimum Gasteiger partial charge on any atom is -0.463 e. The predicted octanol–water partition coefficient (Wildman–Crippen LogP) is 2.67. The molecule has 0 aliphatic heterocycles. The average molecular weight is 321 g/mol. The molecule has 0 radical (unpaired) electrons. The molecule has 2 N–H and O–H groups in total. The highest BCUT2D eigenvalue weighted by Gasteiger charge is 2.27. The van der Waals surface area contributed by atoms with Crippen molar-refractivity contribution in [3.63, 3.8) is 0 Å². The highest BCUT2D eigenvalue weighted by molar-refractivity contribution is 6.29. The summed E-state index contributed by atoms with van der Waals surface area (Å²) in [6.45, 7) is 3.42. The number of aliphatic hydroxyl groups is 1. The number of nitrogens with one attached hydrogen (secondary N) is 1. The maximum Gasteiger partial charge on any atom is 0.244 e. The molecule has 0 spiro atoms. The van der Waals surface area contributed by atoms with E-state index in [1.807, 2.05) is 0 Å². The average Bonchev–Trinajstić information content (AvgIpc) is 2.91. The molecular weight excluding hydrogens is 304 g/mol. The number of furan rings is 1. The summed E-state index contributed by atoms with van der Waals surface area (Å²) in [5.41, 5.74) is -0.499. The Hall–Kier alpha value is -2.11. The van der Waals surface area contributed by atoms with Crippen LogP contribution in [0.3, 0.4) is 0 Å². The minimum absolute atomic E-state index is 0.0419. The molecule has 5 nitrogen and oxygen atoms in total. The first-order valence-electron chi connectivity index (χ1n) is 6.73. The van der Waals surface area contributed by atoms with E-state index >= 15 is 0 Å². The maximum atomic E-state index is 11.8. The third-order valence-electron chi connectivity index (χ3n) is 3.06. The molecule has 2 heterocycles. The quantitative estimate of drug-likeness (QED) is 0.656. The molecule has 0 aromatic carbocycles. The number of aryl methyl sites for hydroxylation is 1. The van der Waals surface area contributed by atoms with Crippen molar-refractivity contribution in [1.29, 1.82) is 0 Å².